The van der Waals surface area contributed by atoms with E-state index < -0.39 is 0 Å². The largest absolute Gasteiger partial charge is 0.378 e. The first-order chi connectivity index (χ1) is 7.90. The zero-order valence-electron chi connectivity index (χ0n) is 8.94. The molecule has 0 N–H and O–H groups in total. The Labute approximate surface area is 95.2 Å². The molecule has 1 aliphatic rings. The molecule has 1 heterocycles. The number of benzene rings is 1. The van der Waals surface area contributed by atoms with Crippen molar-refractivity contribution in [3.8, 4) is 17.9 Å². The molecule has 0 amide bonds. The van der Waals surface area contributed by atoms with Gasteiger partial charge >= 0.3 is 0 Å². The van der Waals surface area contributed by atoms with Gasteiger partial charge in [0.1, 0.15) is 0 Å². The molecule has 0 radical (unpaired) electrons. The van der Waals surface area contributed by atoms with Gasteiger partial charge in [0.25, 0.3) is 0 Å². The molecule has 0 spiro atoms. The molecule has 0 atom stereocenters. The van der Waals surface area contributed by atoms with Crippen molar-refractivity contribution in [3.63, 3.8) is 0 Å². The van der Waals surface area contributed by atoms with Crippen LogP contribution in [0.25, 0.3) is 0 Å². The summed E-state index contributed by atoms with van der Waals surface area (Å²) in [6, 6.07) is 9.75. The van der Waals surface area contributed by atoms with Crippen LogP contribution in [0, 0.1) is 23.2 Å². The highest BCUT2D eigenvalue weighted by Gasteiger charge is 2.10. The van der Waals surface area contributed by atoms with Gasteiger partial charge in [-0.2, -0.15) is 5.26 Å². The zero-order chi connectivity index (χ0) is 11.2. The maximum Gasteiger partial charge on any atom is 0.152 e. The van der Waals surface area contributed by atoms with Crippen molar-refractivity contribution < 1.29 is 4.74 Å². The number of anilines is 1. The quantitative estimate of drug-likeness (QED) is 0.660. The second-order valence-electron chi connectivity index (χ2n) is 3.51. The molecule has 0 aliphatic carbocycles. The predicted octanol–water partition coefficient (Wildman–Crippen LogP) is 1.40. The second-order valence-corrected chi connectivity index (χ2v) is 3.51. The van der Waals surface area contributed by atoms with Gasteiger partial charge in [0.15, 0.2) is 6.07 Å². The molecule has 1 saturated heterocycles. The number of hydrogen-bond donors (Lipinski definition) is 0. The van der Waals surface area contributed by atoms with Crippen molar-refractivity contribution in [3.05, 3.63) is 29.8 Å². The minimum Gasteiger partial charge on any atom is -0.378 e. The second kappa shape index (κ2) is 5.21. The summed E-state index contributed by atoms with van der Waals surface area (Å²) in [5.41, 5.74) is 2.06. The lowest BCUT2D eigenvalue weighted by atomic mass is 10.2. The molecule has 3 nitrogen and oxygen atoms in total. The van der Waals surface area contributed by atoms with E-state index in [2.05, 4.69) is 16.7 Å². The third-order valence-corrected chi connectivity index (χ3v) is 2.51. The highest BCUT2D eigenvalue weighted by atomic mass is 16.5. The Kier molecular flexibility index (Phi) is 3.43. The van der Waals surface area contributed by atoms with Crippen molar-refractivity contribution in [2.45, 2.75) is 0 Å². The maximum absolute atomic E-state index is 8.34. The number of nitrogens with zero attached hydrogens (tertiary/aromatic N) is 2. The van der Waals surface area contributed by atoms with Crippen LogP contribution in [0.5, 0.6) is 0 Å². The SMILES string of the molecule is N#CC#Cc1ccc(N2CCOCC2)cc1. The van der Waals surface area contributed by atoms with Crippen LogP contribution in [0.1, 0.15) is 5.56 Å². The molecule has 80 valence electrons. The lowest BCUT2D eigenvalue weighted by Gasteiger charge is -2.28. The number of ether oxygens (including phenoxy) is 1. The van der Waals surface area contributed by atoms with Gasteiger partial charge in [0.2, 0.25) is 0 Å². The van der Waals surface area contributed by atoms with E-state index in [9.17, 15) is 0 Å². The molecule has 0 aromatic heterocycles. The summed E-state index contributed by atoms with van der Waals surface area (Å²) >= 11 is 0. The Bertz CT molecular complexity index is 442. The molecule has 1 aromatic rings. The number of nitriles is 1. The van der Waals surface area contributed by atoms with E-state index in [1.165, 1.54) is 5.69 Å². The fourth-order valence-electron chi connectivity index (χ4n) is 1.68. The van der Waals surface area contributed by atoms with Gasteiger partial charge in [-0.25, -0.2) is 0 Å². The molecule has 0 saturated carbocycles. The summed E-state index contributed by atoms with van der Waals surface area (Å²) in [4.78, 5) is 2.28. The number of morpholine rings is 1. The van der Waals surface area contributed by atoms with Gasteiger partial charge in [0.05, 0.1) is 13.2 Å². The summed E-state index contributed by atoms with van der Waals surface area (Å²) in [5, 5.41) is 8.34. The molecule has 0 unspecified atom stereocenters. The van der Waals surface area contributed by atoms with E-state index >= 15 is 0 Å². The van der Waals surface area contributed by atoms with Crippen LogP contribution >= 0.6 is 0 Å². The topological polar surface area (TPSA) is 36.3 Å². The van der Waals surface area contributed by atoms with E-state index in [4.69, 9.17) is 10.00 Å². The third kappa shape index (κ3) is 2.53. The van der Waals surface area contributed by atoms with Crippen LogP contribution in [0.2, 0.25) is 0 Å². The van der Waals surface area contributed by atoms with Crippen LogP contribution in [0.15, 0.2) is 24.3 Å². The average molecular weight is 212 g/mol. The molecule has 1 aliphatic heterocycles. The first-order valence-electron chi connectivity index (χ1n) is 5.23. The van der Waals surface area contributed by atoms with Gasteiger partial charge in [-0.3, -0.25) is 0 Å². The van der Waals surface area contributed by atoms with Crippen LogP contribution in [-0.4, -0.2) is 26.3 Å². The molecular formula is C13H12N2O. The van der Waals surface area contributed by atoms with Crippen molar-refractivity contribution >= 4 is 5.69 Å². The minimum absolute atomic E-state index is 0.788. The monoisotopic (exact) mass is 212 g/mol. The van der Waals surface area contributed by atoms with Crippen molar-refractivity contribution in [2.75, 3.05) is 31.2 Å². The van der Waals surface area contributed by atoms with E-state index in [1.54, 1.807) is 6.07 Å². The zero-order valence-corrected chi connectivity index (χ0v) is 8.94. The molecular weight excluding hydrogens is 200 g/mol. The van der Waals surface area contributed by atoms with Gasteiger partial charge in [-0.05, 0) is 24.3 Å². The Hall–Kier alpha value is -1.97. The van der Waals surface area contributed by atoms with Crippen LogP contribution in [-0.2, 0) is 4.74 Å². The first kappa shape index (κ1) is 10.5. The lowest BCUT2D eigenvalue weighted by Crippen LogP contribution is -2.36. The van der Waals surface area contributed by atoms with E-state index in [-0.39, 0.29) is 0 Å². The highest BCUT2D eigenvalue weighted by molar-refractivity contribution is 5.51. The molecule has 16 heavy (non-hydrogen) atoms. The minimum atomic E-state index is 0.788. The summed E-state index contributed by atoms with van der Waals surface area (Å²) in [7, 11) is 0. The van der Waals surface area contributed by atoms with Crippen LogP contribution < -0.4 is 4.90 Å². The Morgan fingerprint density at radius 1 is 1.12 bits per heavy atom. The van der Waals surface area contributed by atoms with E-state index in [0.717, 1.165) is 31.9 Å². The normalized spacial score (nSPS) is 14.8. The Morgan fingerprint density at radius 3 is 2.44 bits per heavy atom. The van der Waals surface area contributed by atoms with Gasteiger partial charge in [0, 0.05) is 30.3 Å². The van der Waals surface area contributed by atoms with Gasteiger partial charge < -0.3 is 9.64 Å². The van der Waals surface area contributed by atoms with Crippen molar-refractivity contribution in [1.82, 2.24) is 0 Å². The van der Waals surface area contributed by atoms with E-state index in [0.29, 0.717) is 0 Å². The summed E-state index contributed by atoms with van der Waals surface area (Å²) < 4.78 is 5.30. The van der Waals surface area contributed by atoms with Crippen molar-refractivity contribution in [1.29, 1.82) is 5.26 Å². The molecule has 1 fully saturated rings. The van der Waals surface area contributed by atoms with E-state index in [1.807, 2.05) is 24.3 Å². The van der Waals surface area contributed by atoms with Crippen molar-refractivity contribution in [2.24, 2.45) is 0 Å². The number of rotatable bonds is 1. The summed E-state index contributed by atoms with van der Waals surface area (Å²) in [5.74, 6) is 5.16. The third-order valence-electron chi connectivity index (χ3n) is 2.51. The van der Waals surface area contributed by atoms with Gasteiger partial charge in [-0.15, -0.1) is 0 Å². The average Bonchev–Trinajstić information content (AvgIpc) is 2.38. The first-order valence-corrected chi connectivity index (χ1v) is 5.23. The van der Waals surface area contributed by atoms with Crippen LogP contribution in [0.3, 0.4) is 0 Å². The summed E-state index contributed by atoms with van der Waals surface area (Å²) in [6.07, 6.45) is 0. The highest BCUT2D eigenvalue weighted by Crippen LogP contribution is 2.16. The standard InChI is InChI=1S/C13H12N2O/c14-7-1-2-12-3-5-13(6-4-12)15-8-10-16-11-9-15/h3-6H,8-11H2. The number of hydrogen-bond acceptors (Lipinski definition) is 3. The fraction of sp³-hybridized carbons (Fsp3) is 0.308. The fourth-order valence-corrected chi connectivity index (χ4v) is 1.68. The predicted molar refractivity (Wildman–Crippen MR) is 62.0 cm³/mol. The maximum atomic E-state index is 8.34. The molecule has 1 aromatic carbocycles. The van der Waals surface area contributed by atoms with Crippen LogP contribution in [0.4, 0.5) is 5.69 Å². The summed E-state index contributed by atoms with van der Waals surface area (Å²) in [6.45, 7) is 3.44. The molecule has 0 bridgehead atoms. The smallest absolute Gasteiger partial charge is 0.152 e. The Morgan fingerprint density at radius 2 is 1.81 bits per heavy atom. The van der Waals surface area contributed by atoms with Gasteiger partial charge in [-0.1, -0.05) is 5.92 Å². The lowest BCUT2D eigenvalue weighted by molar-refractivity contribution is 0.122. The molecule has 2 rings (SSSR count). The molecule has 3 heteroatoms. The Balaban J connectivity index is 2.09.